The van der Waals surface area contributed by atoms with Gasteiger partial charge in [-0.3, -0.25) is 9.59 Å². The Morgan fingerprint density at radius 3 is 1.89 bits per heavy atom. The third kappa shape index (κ3) is 12.6. The van der Waals surface area contributed by atoms with Gasteiger partial charge in [0.2, 0.25) is 11.8 Å². The fraction of sp³-hybridized carbons (Fsp3) is 0.517. The van der Waals surface area contributed by atoms with Gasteiger partial charge in [-0.05, 0) is 48.9 Å². The molecule has 0 fully saturated rings. The van der Waals surface area contributed by atoms with Crippen LogP contribution in [-0.4, -0.2) is 62.4 Å². The Morgan fingerprint density at radius 1 is 0.838 bits per heavy atom. The molecule has 8 nitrogen and oxygen atoms in total. The first-order valence-corrected chi connectivity index (χ1v) is 13.2. The van der Waals surface area contributed by atoms with Crippen LogP contribution in [0, 0.1) is 0 Å². The fourth-order valence-corrected chi connectivity index (χ4v) is 3.84. The molecule has 2 aromatic rings. The number of amides is 2. The van der Waals surface area contributed by atoms with E-state index in [2.05, 4.69) is 16.0 Å². The number of para-hydroxylation sites is 2. The number of aliphatic hydroxyl groups is 1. The first kappa shape index (κ1) is 30.1. The summed E-state index contributed by atoms with van der Waals surface area (Å²) in [4.78, 5) is 24.3. The highest BCUT2D eigenvalue weighted by Crippen LogP contribution is 2.21. The van der Waals surface area contributed by atoms with Crippen LogP contribution in [0.1, 0.15) is 50.7 Å². The molecule has 0 heterocycles. The minimum atomic E-state index is -0.589. The van der Waals surface area contributed by atoms with Crippen LogP contribution in [0.15, 0.2) is 48.5 Å². The topological polar surface area (TPSA) is 109 Å². The van der Waals surface area contributed by atoms with E-state index in [0.29, 0.717) is 51.4 Å². The smallest absolute Gasteiger partial charge is 0.220 e. The van der Waals surface area contributed by atoms with E-state index in [1.54, 1.807) is 7.11 Å². The van der Waals surface area contributed by atoms with Gasteiger partial charge in [-0.2, -0.15) is 0 Å². The van der Waals surface area contributed by atoms with Gasteiger partial charge in [-0.1, -0.05) is 50.2 Å². The predicted molar refractivity (Wildman–Crippen MR) is 146 cm³/mol. The second-order valence-corrected chi connectivity index (χ2v) is 9.35. The quantitative estimate of drug-likeness (QED) is 0.228. The molecule has 0 saturated heterocycles. The number of aryl methyl sites for hydroxylation is 2. The molecular formula is C29H43N3O5. The number of carbonyl (C=O) groups excluding carboxylic acids is 2. The summed E-state index contributed by atoms with van der Waals surface area (Å²) in [5.41, 5.74) is 2.11. The number of hydrogen-bond donors (Lipinski definition) is 4. The summed E-state index contributed by atoms with van der Waals surface area (Å²) in [5, 5.41) is 19.0. The number of methoxy groups -OCH3 is 1. The molecule has 0 radical (unpaired) electrons. The highest BCUT2D eigenvalue weighted by atomic mass is 16.5. The van der Waals surface area contributed by atoms with Gasteiger partial charge in [-0.15, -0.1) is 0 Å². The summed E-state index contributed by atoms with van der Waals surface area (Å²) in [6.07, 6.45) is 3.12. The van der Waals surface area contributed by atoms with Crippen LogP contribution in [0.4, 0.5) is 0 Å². The van der Waals surface area contributed by atoms with Gasteiger partial charge in [0.05, 0.1) is 7.11 Å². The summed E-state index contributed by atoms with van der Waals surface area (Å²) in [5.74, 6) is 1.51. The molecular weight excluding hydrogens is 470 g/mol. The lowest BCUT2D eigenvalue weighted by atomic mass is 10.1. The number of benzene rings is 2. The van der Waals surface area contributed by atoms with E-state index in [4.69, 9.17) is 9.47 Å². The van der Waals surface area contributed by atoms with Crippen LogP contribution in [0.5, 0.6) is 11.5 Å². The molecule has 0 bridgehead atoms. The summed E-state index contributed by atoms with van der Waals surface area (Å²) in [6.45, 7) is 5.55. The Balaban J connectivity index is 1.58. The molecule has 204 valence electrons. The number of carbonyl (C=O) groups is 2. The molecule has 0 spiro atoms. The van der Waals surface area contributed by atoms with Crippen LogP contribution in [0.2, 0.25) is 0 Å². The van der Waals surface area contributed by atoms with E-state index in [1.807, 2.05) is 62.4 Å². The molecule has 4 N–H and O–H groups in total. The lowest BCUT2D eigenvalue weighted by Gasteiger charge is -2.16. The van der Waals surface area contributed by atoms with Crippen molar-refractivity contribution < 1.29 is 24.2 Å². The molecule has 8 heteroatoms. The first-order valence-electron chi connectivity index (χ1n) is 13.2. The molecule has 2 aromatic carbocycles. The van der Waals surface area contributed by atoms with Crippen molar-refractivity contribution in [3.8, 4) is 11.5 Å². The molecule has 0 aliphatic rings. The van der Waals surface area contributed by atoms with Crippen LogP contribution < -0.4 is 25.4 Å². The van der Waals surface area contributed by atoms with E-state index >= 15 is 0 Å². The van der Waals surface area contributed by atoms with Gasteiger partial charge >= 0.3 is 0 Å². The number of rotatable bonds is 18. The van der Waals surface area contributed by atoms with Gasteiger partial charge in [-0.25, -0.2) is 0 Å². The summed E-state index contributed by atoms with van der Waals surface area (Å²) in [7, 11) is 1.65. The number of hydrogen-bond acceptors (Lipinski definition) is 6. The number of ether oxygens (including phenoxy) is 2. The maximum absolute atomic E-state index is 12.2. The molecule has 2 amide bonds. The number of aliphatic hydroxyl groups excluding tert-OH is 1. The normalized spacial score (nSPS) is 11.7. The molecule has 37 heavy (non-hydrogen) atoms. The SMILES string of the molecule is COc1ccccc1CCCC(=O)NCCNC(=O)CCCc1ccccc1OC[C@@H](O)CNC(C)C. The van der Waals surface area contributed by atoms with Crippen molar-refractivity contribution in [3.05, 3.63) is 59.7 Å². The zero-order valence-corrected chi connectivity index (χ0v) is 22.4. The van der Waals surface area contributed by atoms with E-state index in [-0.39, 0.29) is 18.4 Å². The van der Waals surface area contributed by atoms with Crippen molar-refractivity contribution in [1.82, 2.24) is 16.0 Å². The lowest BCUT2D eigenvalue weighted by molar-refractivity contribution is -0.123. The summed E-state index contributed by atoms with van der Waals surface area (Å²) in [6, 6.07) is 15.8. The molecule has 0 aliphatic heterocycles. The Labute approximate surface area is 221 Å². The Kier molecular flexibility index (Phi) is 14.1. The number of nitrogens with one attached hydrogen (secondary N) is 3. The van der Waals surface area contributed by atoms with E-state index < -0.39 is 6.10 Å². The zero-order chi connectivity index (χ0) is 26.9. The van der Waals surface area contributed by atoms with Crippen LogP contribution in [0.3, 0.4) is 0 Å². The van der Waals surface area contributed by atoms with Crippen molar-refractivity contribution in [3.63, 3.8) is 0 Å². The third-order valence-corrected chi connectivity index (χ3v) is 5.83. The van der Waals surface area contributed by atoms with Crippen LogP contribution in [0.25, 0.3) is 0 Å². The fourth-order valence-electron chi connectivity index (χ4n) is 3.84. The minimum absolute atomic E-state index is 0.0224. The maximum atomic E-state index is 12.2. The predicted octanol–water partition coefficient (Wildman–Crippen LogP) is 3.01. The maximum Gasteiger partial charge on any atom is 0.220 e. The van der Waals surface area contributed by atoms with E-state index in [1.165, 1.54) is 0 Å². The Morgan fingerprint density at radius 2 is 1.35 bits per heavy atom. The van der Waals surface area contributed by atoms with Gasteiger partial charge in [0.1, 0.15) is 24.2 Å². The van der Waals surface area contributed by atoms with E-state index in [9.17, 15) is 14.7 Å². The van der Waals surface area contributed by atoms with Gasteiger partial charge in [0.15, 0.2) is 0 Å². The lowest BCUT2D eigenvalue weighted by Crippen LogP contribution is -2.35. The largest absolute Gasteiger partial charge is 0.496 e. The average molecular weight is 514 g/mol. The van der Waals surface area contributed by atoms with Crippen molar-refractivity contribution in [1.29, 1.82) is 0 Å². The second kappa shape index (κ2) is 17.4. The molecule has 0 aromatic heterocycles. The standard InChI is InChI=1S/C29H43N3O5/c1-22(2)32-20-25(33)21-37-27-15-7-5-11-24(27)13-9-17-29(35)31-19-18-30-28(34)16-8-12-23-10-4-6-14-26(23)36-3/h4-7,10-11,14-15,22,25,32-33H,8-9,12-13,16-21H2,1-3H3,(H,30,34)(H,31,35)/t25-/m0/s1. The summed E-state index contributed by atoms with van der Waals surface area (Å²) >= 11 is 0. The van der Waals surface area contributed by atoms with Gasteiger partial charge in [0.25, 0.3) is 0 Å². The minimum Gasteiger partial charge on any atom is -0.496 e. The highest BCUT2D eigenvalue weighted by molar-refractivity contribution is 5.77. The Hall–Kier alpha value is -3.10. The van der Waals surface area contributed by atoms with Crippen LogP contribution >= 0.6 is 0 Å². The van der Waals surface area contributed by atoms with Crippen molar-refractivity contribution in [2.75, 3.05) is 33.4 Å². The van der Waals surface area contributed by atoms with Gasteiger partial charge in [0, 0.05) is 38.5 Å². The average Bonchev–Trinajstić information content (AvgIpc) is 2.89. The van der Waals surface area contributed by atoms with Gasteiger partial charge < -0.3 is 30.5 Å². The van der Waals surface area contributed by atoms with Crippen molar-refractivity contribution >= 4 is 11.8 Å². The van der Waals surface area contributed by atoms with Crippen molar-refractivity contribution in [2.24, 2.45) is 0 Å². The van der Waals surface area contributed by atoms with Crippen LogP contribution in [-0.2, 0) is 22.4 Å². The first-order chi connectivity index (χ1) is 17.9. The van der Waals surface area contributed by atoms with E-state index in [0.717, 1.165) is 35.5 Å². The molecule has 1 atom stereocenters. The molecule has 0 saturated carbocycles. The second-order valence-electron chi connectivity index (χ2n) is 9.35. The molecule has 0 aliphatic carbocycles. The Bertz CT molecular complexity index is 951. The highest BCUT2D eigenvalue weighted by Gasteiger charge is 2.10. The zero-order valence-electron chi connectivity index (χ0n) is 22.4. The molecule has 0 unspecified atom stereocenters. The molecule has 2 rings (SSSR count). The van der Waals surface area contributed by atoms with Crippen molar-refractivity contribution in [2.45, 2.75) is 64.5 Å². The third-order valence-electron chi connectivity index (χ3n) is 5.83. The summed E-state index contributed by atoms with van der Waals surface area (Å²) < 4.78 is 11.2. The monoisotopic (exact) mass is 513 g/mol.